The van der Waals surface area contributed by atoms with Gasteiger partial charge < -0.3 is 0 Å². The molecule has 0 aliphatic heterocycles. The lowest BCUT2D eigenvalue weighted by molar-refractivity contribution is 0.633. The van der Waals surface area contributed by atoms with E-state index in [0.717, 1.165) is 11.3 Å². The average molecular weight is 410 g/mol. The molecule has 0 N–H and O–H groups in total. The topological polar surface area (TPSA) is 52.7 Å². The van der Waals surface area contributed by atoms with Gasteiger partial charge in [-0.15, -0.1) is 0 Å². The molecule has 7 heteroatoms. The molecule has 0 unspecified atom stereocenters. The second-order valence-electron chi connectivity index (χ2n) is 4.40. The van der Waals surface area contributed by atoms with Crippen molar-refractivity contribution < 1.29 is 0 Å². The van der Waals surface area contributed by atoms with Gasteiger partial charge in [0.25, 0.3) is 5.56 Å². The van der Waals surface area contributed by atoms with Gasteiger partial charge in [-0.3, -0.25) is 4.79 Å². The minimum Gasteiger partial charge on any atom is -0.266 e. The van der Waals surface area contributed by atoms with Crippen molar-refractivity contribution in [2.24, 2.45) is 0 Å². The van der Waals surface area contributed by atoms with E-state index in [1.54, 1.807) is 17.1 Å². The Hall–Kier alpha value is -1.73. The van der Waals surface area contributed by atoms with Crippen molar-refractivity contribution in [3.8, 4) is 5.69 Å². The predicted octanol–water partition coefficient (Wildman–Crippen LogP) is 3.00. The smallest absolute Gasteiger partial charge is 0.266 e. The molecular formula is C14H10Br2N4O. The summed E-state index contributed by atoms with van der Waals surface area (Å²) in [6.07, 6.45) is 5.21. The summed E-state index contributed by atoms with van der Waals surface area (Å²) in [4.78, 5) is 12.1. The van der Waals surface area contributed by atoms with Gasteiger partial charge in [-0.2, -0.15) is 10.2 Å². The summed E-state index contributed by atoms with van der Waals surface area (Å²) in [6.45, 7) is 0.373. The van der Waals surface area contributed by atoms with E-state index in [1.165, 1.54) is 4.68 Å². The normalized spacial score (nSPS) is 10.8. The Kier molecular flexibility index (Phi) is 4.03. The second kappa shape index (κ2) is 5.95. The highest BCUT2D eigenvalue weighted by Crippen LogP contribution is 2.16. The highest BCUT2D eigenvalue weighted by atomic mass is 79.9. The monoisotopic (exact) mass is 408 g/mol. The van der Waals surface area contributed by atoms with Crippen LogP contribution in [0, 0.1) is 0 Å². The van der Waals surface area contributed by atoms with Crippen molar-refractivity contribution in [2.45, 2.75) is 6.54 Å². The summed E-state index contributed by atoms with van der Waals surface area (Å²) in [5, 5.41) is 8.41. The highest BCUT2D eigenvalue weighted by Gasteiger charge is 2.08. The summed E-state index contributed by atoms with van der Waals surface area (Å²) in [6, 6.07) is 9.80. The number of hydrogen-bond donors (Lipinski definition) is 0. The third-order valence-corrected chi connectivity index (χ3v) is 4.83. The first kappa shape index (κ1) is 14.2. The quantitative estimate of drug-likeness (QED) is 0.668. The zero-order valence-electron chi connectivity index (χ0n) is 10.8. The maximum absolute atomic E-state index is 12.1. The lowest BCUT2D eigenvalue weighted by Gasteiger charge is -2.03. The summed E-state index contributed by atoms with van der Waals surface area (Å²) >= 11 is 6.51. The minimum atomic E-state index is -0.183. The lowest BCUT2D eigenvalue weighted by atomic mass is 10.3. The van der Waals surface area contributed by atoms with Crippen molar-refractivity contribution >= 4 is 31.9 Å². The Morgan fingerprint density at radius 3 is 2.57 bits per heavy atom. The number of rotatable bonds is 3. The van der Waals surface area contributed by atoms with Crippen molar-refractivity contribution in [1.29, 1.82) is 0 Å². The largest absolute Gasteiger partial charge is 0.282 e. The molecular weight excluding hydrogens is 400 g/mol. The minimum absolute atomic E-state index is 0.183. The molecule has 3 aromatic rings. The molecule has 21 heavy (non-hydrogen) atoms. The van der Waals surface area contributed by atoms with E-state index in [2.05, 4.69) is 42.1 Å². The molecule has 0 saturated carbocycles. The molecule has 2 heterocycles. The summed E-state index contributed by atoms with van der Waals surface area (Å²) in [7, 11) is 0. The van der Waals surface area contributed by atoms with Gasteiger partial charge in [-0.25, -0.2) is 9.36 Å². The molecule has 0 atom stereocenters. The van der Waals surface area contributed by atoms with E-state index < -0.39 is 0 Å². The number of benzene rings is 1. The lowest BCUT2D eigenvalue weighted by Crippen LogP contribution is -2.23. The van der Waals surface area contributed by atoms with Gasteiger partial charge in [0, 0.05) is 11.8 Å². The van der Waals surface area contributed by atoms with Crippen molar-refractivity contribution in [2.75, 3.05) is 0 Å². The SMILES string of the molecule is O=c1c(Br)c(Br)cnn1Cc1cnn(-c2ccccc2)c1. The van der Waals surface area contributed by atoms with Crippen LogP contribution in [0.5, 0.6) is 0 Å². The average Bonchev–Trinajstić information content (AvgIpc) is 2.97. The van der Waals surface area contributed by atoms with Crippen molar-refractivity contribution in [3.05, 3.63) is 73.8 Å². The van der Waals surface area contributed by atoms with Crippen LogP contribution in [-0.2, 0) is 6.54 Å². The van der Waals surface area contributed by atoms with Gasteiger partial charge >= 0.3 is 0 Å². The van der Waals surface area contributed by atoms with Crippen LogP contribution in [0.15, 0.2) is 62.7 Å². The Morgan fingerprint density at radius 2 is 1.81 bits per heavy atom. The molecule has 0 spiro atoms. The van der Waals surface area contributed by atoms with E-state index in [-0.39, 0.29) is 5.56 Å². The molecule has 0 saturated heterocycles. The molecule has 1 aromatic carbocycles. The van der Waals surface area contributed by atoms with Crippen LogP contribution < -0.4 is 5.56 Å². The molecule has 0 radical (unpaired) electrons. The van der Waals surface area contributed by atoms with Gasteiger partial charge in [-0.1, -0.05) is 18.2 Å². The Balaban J connectivity index is 1.89. The number of hydrogen-bond acceptors (Lipinski definition) is 3. The molecule has 5 nitrogen and oxygen atoms in total. The molecule has 0 aliphatic carbocycles. The molecule has 0 bridgehead atoms. The number of nitrogens with zero attached hydrogens (tertiary/aromatic N) is 4. The van der Waals surface area contributed by atoms with Gasteiger partial charge in [-0.05, 0) is 44.0 Å². The second-order valence-corrected chi connectivity index (χ2v) is 6.05. The maximum atomic E-state index is 12.1. The summed E-state index contributed by atoms with van der Waals surface area (Å²) in [5.41, 5.74) is 1.69. The Labute approximate surface area is 137 Å². The van der Waals surface area contributed by atoms with Gasteiger partial charge in [0.05, 0.1) is 29.1 Å². The highest BCUT2D eigenvalue weighted by molar-refractivity contribution is 9.13. The van der Waals surface area contributed by atoms with Crippen LogP contribution in [0.1, 0.15) is 5.56 Å². The van der Waals surface area contributed by atoms with Gasteiger partial charge in [0.15, 0.2) is 0 Å². The standard InChI is InChI=1S/C14H10Br2N4O/c15-12-7-18-20(14(21)13(12)16)9-10-6-17-19(8-10)11-4-2-1-3-5-11/h1-8H,9H2. The fourth-order valence-electron chi connectivity index (χ4n) is 1.89. The van der Waals surface area contributed by atoms with Crippen LogP contribution in [0.25, 0.3) is 5.69 Å². The third-order valence-electron chi connectivity index (χ3n) is 2.93. The fraction of sp³-hybridized carbons (Fsp3) is 0.0714. The molecule has 0 fully saturated rings. The van der Waals surface area contributed by atoms with Crippen LogP contribution in [0.4, 0.5) is 0 Å². The van der Waals surface area contributed by atoms with E-state index in [0.29, 0.717) is 15.5 Å². The fourth-order valence-corrected chi connectivity index (χ4v) is 2.46. The Bertz CT molecular complexity index is 826. The summed E-state index contributed by atoms with van der Waals surface area (Å²) in [5.74, 6) is 0. The first-order valence-electron chi connectivity index (χ1n) is 6.15. The van der Waals surface area contributed by atoms with E-state index in [9.17, 15) is 4.79 Å². The van der Waals surface area contributed by atoms with Gasteiger partial charge in [0.1, 0.15) is 4.47 Å². The first-order chi connectivity index (χ1) is 10.1. The van der Waals surface area contributed by atoms with Crippen molar-refractivity contribution in [1.82, 2.24) is 19.6 Å². The zero-order valence-corrected chi connectivity index (χ0v) is 14.0. The molecule has 0 aliphatic rings. The number of halogens is 2. The molecule has 2 aromatic heterocycles. The molecule has 106 valence electrons. The van der Waals surface area contributed by atoms with E-state index in [4.69, 9.17) is 0 Å². The maximum Gasteiger partial charge on any atom is 0.282 e. The van der Waals surface area contributed by atoms with Gasteiger partial charge in [0.2, 0.25) is 0 Å². The van der Waals surface area contributed by atoms with Crippen LogP contribution in [-0.4, -0.2) is 19.6 Å². The molecule has 3 rings (SSSR count). The summed E-state index contributed by atoms with van der Waals surface area (Å²) < 4.78 is 4.27. The van der Waals surface area contributed by atoms with Crippen LogP contribution in [0.3, 0.4) is 0 Å². The van der Waals surface area contributed by atoms with Crippen LogP contribution >= 0.6 is 31.9 Å². The zero-order chi connectivity index (χ0) is 14.8. The third kappa shape index (κ3) is 2.98. The Morgan fingerprint density at radius 1 is 1.05 bits per heavy atom. The van der Waals surface area contributed by atoms with E-state index >= 15 is 0 Å². The van der Waals surface area contributed by atoms with Crippen LogP contribution in [0.2, 0.25) is 0 Å². The van der Waals surface area contributed by atoms with Crippen molar-refractivity contribution in [3.63, 3.8) is 0 Å². The number of para-hydroxylation sites is 1. The first-order valence-corrected chi connectivity index (χ1v) is 7.74. The molecule has 0 amide bonds. The van der Waals surface area contributed by atoms with E-state index in [1.807, 2.05) is 36.5 Å². The predicted molar refractivity (Wildman–Crippen MR) is 86.6 cm³/mol. The number of aromatic nitrogens is 4.